The average Bonchev–Trinajstić information content (AvgIpc) is 4.07. The first-order valence-corrected chi connectivity index (χ1v) is 26.1. The van der Waals surface area contributed by atoms with Crippen molar-refractivity contribution in [2.24, 2.45) is 5.92 Å². The molecule has 7 aromatic rings. The first-order chi connectivity index (χ1) is 35.2. The largest absolute Gasteiger partial charge is 0.695 e. The molecule has 2 unspecified atom stereocenters. The van der Waals surface area contributed by atoms with E-state index in [4.69, 9.17) is 60.4 Å². The van der Waals surface area contributed by atoms with Gasteiger partial charge in [-0.05, 0) is 52.8 Å². The Morgan fingerprint density at radius 3 is 2.23 bits per heavy atom. The van der Waals surface area contributed by atoms with Gasteiger partial charge in [0.05, 0.1) is 40.1 Å². The third-order valence-electron chi connectivity index (χ3n) is 11.6. The summed E-state index contributed by atoms with van der Waals surface area (Å²) in [7, 11) is -0.256. The van der Waals surface area contributed by atoms with Crippen molar-refractivity contribution in [2.75, 3.05) is 45.9 Å². The number of aromatic amines is 2. The lowest BCUT2D eigenvalue weighted by Gasteiger charge is -2.36. The summed E-state index contributed by atoms with van der Waals surface area (Å²) in [6.07, 6.45) is -4.72. The number of imidazole rings is 2. The molecule has 27 heteroatoms. The van der Waals surface area contributed by atoms with Gasteiger partial charge in [0.2, 0.25) is 18.4 Å². The number of nitrogens with one attached hydrogen (secondary N) is 3. The molecule has 4 N–H and O–H groups in total. The molecule has 8 rings (SSSR count). The quantitative estimate of drug-likeness (QED) is 0.0254. The highest BCUT2D eigenvalue weighted by molar-refractivity contribution is 8.07. The van der Waals surface area contributed by atoms with Crippen LogP contribution in [-0.2, 0) is 67.5 Å². The summed E-state index contributed by atoms with van der Waals surface area (Å²) in [5.74, 6) is 0.353. The van der Waals surface area contributed by atoms with E-state index in [2.05, 4.69) is 35.1 Å². The molecule has 1 fully saturated rings. The zero-order chi connectivity index (χ0) is 51.9. The van der Waals surface area contributed by atoms with E-state index < -0.39 is 74.7 Å². The topological polar surface area (TPSA) is 272 Å². The molecule has 5 heterocycles. The minimum absolute atomic E-state index is 0.00892. The van der Waals surface area contributed by atoms with Crippen LogP contribution in [0.25, 0.3) is 27.2 Å². The van der Waals surface area contributed by atoms with E-state index in [1.807, 2.05) is 78.9 Å². The maximum absolute atomic E-state index is 16.4. The summed E-state index contributed by atoms with van der Waals surface area (Å²) in [4.78, 5) is 74.1. The number of hydrogen-bond donors (Lipinski definition) is 4. The number of H-pyrrole nitrogens is 2. The molecule has 0 bridgehead atoms. The lowest BCUT2D eigenvalue weighted by Crippen LogP contribution is -2.33. The summed E-state index contributed by atoms with van der Waals surface area (Å²) >= 11 is 5.79. The number of aromatic nitrogens is 8. The number of fused-ring (bicyclic) bond motifs is 2. The fraction of sp³-hybridized carbons (Fsp3) is 0.348. The number of nitrogens with zero attached hydrogens (tertiary/aromatic N) is 7. The van der Waals surface area contributed by atoms with E-state index in [0.717, 1.165) is 27.6 Å². The van der Waals surface area contributed by atoms with Crippen LogP contribution in [0.5, 0.6) is 11.5 Å². The molecule has 1 saturated heterocycles. The molecule has 1 amide bonds. The number of alkyl halides is 1. The molecule has 382 valence electrons. The fourth-order valence-electron chi connectivity index (χ4n) is 8.01. The van der Waals surface area contributed by atoms with E-state index in [1.54, 1.807) is 32.6 Å². The predicted molar refractivity (Wildman–Crippen MR) is 264 cm³/mol. The third kappa shape index (κ3) is 11.4. The van der Waals surface area contributed by atoms with Gasteiger partial charge in [-0.25, -0.2) is 25.9 Å². The lowest BCUT2D eigenvalue weighted by molar-refractivity contribution is -0.118. The van der Waals surface area contributed by atoms with E-state index in [0.29, 0.717) is 11.5 Å². The number of carbonyl (C=O) groups excluding carboxylic acids is 1. The molecule has 0 saturated carbocycles. The van der Waals surface area contributed by atoms with Gasteiger partial charge in [-0.1, -0.05) is 68.4 Å². The van der Waals surface area contributed by atoms with Crippen molar-refractivity contribution in [3.63, 3.8) is 0 Å². The number of anilines is 1. The van der Waals surface area contributed by atoms with Crippen molar-refractivity contribution in [1.82, 2.24) is 39.0 Å². The maximum Gasteiger partial charge on any atom is 0.695 e. The number of ether oxygens (including phenoxy) is 4. The van der Waals surface area contributed by atoms with Crippen LogP contribution >= 0.6 is 15.0 Å². The molecule has 0 spiro atoms. The molecule has 4 aromatic heterocycles. The Labute approximate surface area is 421 Å². The molecule has 0 radical (unpaired) electrons. The van der Waals surface area contributed by atoms with Crippen LogP contribution in [0.2, 0.25) is 0 Å². The van der Waals surface area contributed by atoms with E-state index in [-0.39, 0.29) is 67.0 Å². The summed E-state index contributed by atoms with van der Waals surface area (Å²) in [6, 6.07) is 24.4. The molecule has 23 nitrogen and oxygen atoms in total. The molecular weight excluding hydrogens is 1010 g/mol. The highest BCUT2D eigenvalue weighted by atomic mass is 32.5. The normalized spacial score (nSPS) is 17.9. The van der Waals surface area contributed by atoms with Gasteiger partial charge in [0, 0.05) is 17.0 Å². The van der Waals surface area contributed by atoms with Crippen molar-refractivity contribution < 1.29 is 55.7 Å². The first kappa shape index (κ1) is 52.6. The van der Waals surface area contributed by atoms with Crippen molar-refractivity contribution in [3.05, 3.63) is 146 Å². The van der Waals surface area contributed by atoms with Gasteiger partial charge in [0.15, 0.2) is 40.8 Å². The summed E-state index contributed by atoms with van der Waals surface area (Å²) in [5, 5.41) is 2.49. The predicted octanol–water partition coefficient (Wildman–Crippen LogP) is 5.84. The molecule has 0 aliphatic carbocycles. The van der Waals surface area contributed by atoms with Crippen molar-refractivity contribution >= 4 is 61.0 Å². The Kier molecular flexibility index (Phi) is 16.6. The van der Waals surface area contributed by atoms with E-state index in [1.165, 1.54) is 6.33 Å². The molecule has 6 atom stereocenters. The fourth-order valence-corrected chi connectivity index (χ4v) is 10.2. The monoisotopic (exact) mass is 1060 g/mol. The Morgan fingerprint density at radius 1 is 0.945 bits per heavy atom. The van der Waals surface area contributed by atoms with Crippen LogP contribution in [0.1, 0.15) is 42.6 Å². The Hall–Kier alpha value is -6.68. The number of halogens is 1. The van der Waals surface area contributed by atoms with Gasteiger partial charge in [-0.3, -0.25) is 29.3 Å². The zero-order valence-corrected chi connectivity index (χ0v) is 42.1. The van der Waals surface area contributed by atoms with E-state index in [9.17, 15) is 23.8 Å². The molecule has 1 aliphatic rings. The Balaban J connectivity index is 1.06. The summed E-state index contributed by atoms with van der Waals surface area (Å²) in [5.41, 5.74) is -0.474. The van der Waals surface area contributed by atoms with Gasteiger partial charge < -0.3 is 46.9 Å². The van der Waals surface area contributed by atoms with Crippen molar-refractivity contribution in [1.29, 1.82) is 0 Å². The number of hydrogen-bond acceptors (Lipinski definition) is 17. The van der Waals surface area contributed by atoms with Gasteiger partial charge in [-0.2, -0.15) is 4.98 Å². The molecule has 3 aromatic carbocycles. The highest BCUT2D eigenvalue weighted by Gasteiger charge is 2.52. The van der Waals surface area contributed by atoms with Crippen molar-refractivity contribution in [2.45, 2.75) is 57.2 Å². The van der Waals surface area contributed by atoms with Gasteiger partial charge in [0.25, 0.3) is 11.1 Å². The minimum atomic E-state index is -3.90. The highest BCUT2D eigenvalue weighted by Crippen LogP contribution is 2.51. The van der Waals surface area contributed by atoms with E-state index >= 15 is 4.39 Å². The third-order valence-corrected chi connectivity index (χ3v) is 14.4. The lowest BCUT2D eigenvalue weighted by atomic mass is 9.80. The van der Waals surface area contributed by atoms with Crippen LogP contribution in [0, 0.1) is 12.5 Å². The smallest absolute Gasteiger partial charge is 0.497 e. The Bertz CT molecular complexity index is 3250. The number of benzene rings is 3. The number of amides is 1. The maximum atomic E-state index is 16.4. The SMILES string of the molecule is [C-]#[N+]CCOP(=S)(OCCn1c(COC(c2ccccc2)(c2ccc(OC)cc2)c2ccc(OC)cc2)nc2c(=O)[nH]cnc21)OC[C@H]1O[C@@H](n2cnc3c(=O)[nH]c(NC(=O)C(C)C)nc32)[C@H](O[P+](=O)O)[C@@H]1F. The molecule has 1 aliphatic heterocycles. The van der Waals surface area contributed by atoms with Crippen molar-refractivity contribution in [3.8, 4) is 11.5 Å². The van der Waals surface area contributed by atoms with Gasteiger partial charge >= 0.3 is 15.0 Å². The van der Waals surface area contributed by atoms with Gasteiger partial charge in [-0.15, -0.1) is 9.42 Å². The first-order valence-electron chi connectivity index (χ1n) is 22.4. The molecule has 73 heavy (non-hydrogen) atoms. The molecular formula is C46H48FN10O13P2S+. The summed E-state index contributed by atoms with van der Waals surface area (Å²) in [6.45, 7) is 5.12. The van der Waals surface area contributed by atoms with Crippen LogP contribution in [0.4, 0.5) is 10.3 Å². The number of carbonyl (C=O) groups is 1. The second kappa shape index (κ2) is 23.0. The van der Waals surface area contributed by atoms with Crippen LogP contribution < -0.4 is 25.9 Å². The standard InChI is InChI=1S/C46H47FN10O13P2S/c1-27(2)41(58)54-45-53-40-36(43(60)55-45)51-26-57(40)44-38(70-71(61)62)35(47)33(69-44)23-68-72(73,66-21-19-48-3)67-22-20-56-34(52-37-39(56)49-25-50-42(37)59)24-65-46(28-9-7-6-8-10-28,29-11-15-31(63-4)16-12-29)30-13-17-32(64-5)18-14-30/h6-18,25-27,33,35,38,44H,19-24H2,1-2,4-5H3,(H3-,49,50,53,54,55,58,59,60,61,62)/p+1/t33-,35-,38-,44-,72?/m1/s1. The number of methoxy groups -OCH3 is 2. The summed E-state index contributed by atoms with van der Waals surface area (Å²) < 4.78 is 78.4. The van der Waals surface area contributed by atoms with Crippen LogP contribution in [-0.4, -0.2) is 109 Å². The number of rotatable bonds is 23. The van der Waals surface area contributed by atoms with Crippen LogP contribution in [0.15, 0.2) is 101 Å². The zero-order valence-electron chi connectivity index (χ0n) is 39.4. The average molecular weight is 1060 g/mol. The van der Waals surface area contributed by atoms with Gasteiger partial charge in [0.1, 0.15) is 42.2 Å². The van der Waals surface area contributed by atoms with Crippen LogP contribution in [0.3, 0.4) is 0 Å². The minimum Gasteiger partial charge on any atom is -0.497 e. The second-order valence-corrected chi connectivity index (χ2v) is 20.1. The second-order valence-electron chi connectivity index (χ2n) is 16.4. The Morgan fingerprint density at radius 2 is 1.60 bits per heavy atom.